The molecule has 4 aromatic heterocycles. The number of aryl methyl sites for hydroxylation is 1. The van der Waals surface area contributed by atoms with Gasteiger partial charge in [0.1, 0.15) is 23.1 Å². The van der Waals surface area contributed by atoms with E-state index in [0.717, 1.165) is 70.5 Å². The number of hydrogen-bond donors (Lipinski definition) is 4. The first kappa shape index (κ1) is 36.0. The summed E-state index contributed by atoms with van der Waals surface area (Å²) >= 11 is 0. The number of guanidine groups is 2. The lowest BCUT2D eigenvalue weighted by Gasteiger charge is -2.30. The molecular formula is C42H40N10O4. The Kier molecular flexibility index (Phi) is 10.2. The number of pyridine rings is 2. The number of nitrogens with zero attached hydrogens (tertiary/aromatic N) is 6. The SMILES string of the molecule is CCCC1=C(C(C)=O)C(c2ccc(C)nc2)N=C(Nc2nc3ccccc3o2)N1.O=C1CCCC2=C1C(c1ccncc1)N=C(Nc1nc3ccccc3o1)N2. The first-order chi connectivity index (χ1) is 27.3. The van der Waals surface area contributed by atoms with Crippen LogP contribution >= 0.6 is 0 Å². The van der Waals surface area contributed by atoms with Gasteiger partial charge in [0.05, 0.1) is 0 Å². The Morgan fingerprint density at radius 2 is 1.45 bits per heavy atom. The summed E-state index contributed by atoms with van der Waals surface area (Å²) in [5.74, 6) is 1.17. The van der Waals surface area contributed by atoms with E-state index in [1.54, 1.807) is 25.5 Å². The lowest BCUT2D eigenvalue weighted by molar-refractivity contribution is -0.116. The van der Waals surface area contributed by atoms with Crippen LogP contribution < -0.4 is 21.3 Å². The van der Waals surface area contributed by atoms with Crippen LogP contribution in [-0.2, 0) is 9.59 Å². The second kappa shape index (κ2) is 15.8. The molecule has 14 heteroatoms. The van der Waals surface area contributed by atoms with Crippen molar-refractivity contribution in [2.75, 3.05) is 10.6 Å². The third kappa shape index (κ3) is 7.67. The Morgan fingerprint density at radius 3 is 2.05 bits per heavy atom. The first-order valence-corrected chi connectivity index (χ1v) is 18.6. The maximum atomic E-state index is 12.6. The second-order valence-corrected chi connectivity index (χ2v) is 13.6. The highest BCUT2D eigenvalue weighted by Crippen LogP contribution is 2.36. The quantitative estimate of drug-likeness (QED) is 0.125. The maximum absolute atomic E-state index is 12.6. The van der Waals surface area contributed by atoms with Gasteiger partial charge in [-0.25, -0.2) is 9.98 Å². The fourth-order valence-corrected chi connectivity index (χ4v) is 6.98. The standard InChI is InChI=1S/C22H23N5O2.C20H17N5O2/c1-4-7-17-19(14(3)28)20(15-11-10-13(2)23-12-15)26-21(24-17)27-22-25-16-8-5-6-9-18(16)29-22;26-15-6-3-5-14-17(15)18(12-8-10-21-11-9-12)24-19(22-14)25-20-23-13-4-1-2-7-16(13)27-20/h5-6,8-12,20H,4,7H2,1-3H3,(H2,24,25,26,27);1-2,4,7-11,18H,3,5-6H2,(H2,22,23,24,25). The van der Waals surface area contributed by atoms with E-state index in [9.17, 15) is 9.59 Å². The highest BCUT2D eigenvalue weighted by Gasteiger charge is 2.33. The molecule has 0 fully saturated rings. The molecule has 6 aromatic rings. The number of carbonyl (C=O) groups is 2. The van der Waals surface area contributed by atoms with Crippen molar-refractivity contribution in [2.45, 2.75) is 65.0 Å². The van der Waals surface area contributed by atoms with Crippen molar-refractivity contribution in [1.29, 1.82) is 0 Å². The molecule has 0 spiro atoms. The van der Waals surface area contributed by atoms with Crippen LogP contribution in [0.5, 0.6) is 0 Å². The van der Waals surface area contributed by atoms with Crippen molar-refractivity contribution >= 4 is 57.7 Å². The third-order valence-electron chi connectivity index (χ3n) is 9.57. The minimum atomic E-state index is -0.435. The van der Waals surface area contributed by atoms with Gasteiger partial charge in [-0.3, -0.25) is 30.2 Å². The van der Waals surface area contributed by atoms with E-state index in [0.29, 0.717) is 47.1 Å². The summed E-state index contributed by atoms with van der Waals surface area (Å²) in [5, 5.41) is 12.8. The fourth-order valence-electron chi connectivity index (χ4n) is 6.98. The number of Topliss-reactive ketones (excluding diaryl/α,β-unsaturated/α-hetero) is 2. The number of nitrogens with one attached hydrogen (secondary N) is 4. The molecule has 2 unspecified atom stereocenters. The van der Waals surface area contributed by atoms with Crippen LogP contribution in [0.2, 0.25) is 0 Å². The fraction of sp³-hybridized carbons (Fsp3) is 0.238. The molecule has 1 aliphatic carbocycles. The van der Waals surface area contributed by atoms with Gasteiger partial charge in [0.15, 0.2) is 22.7 Å². The van der Waals surface area contributed by atoms with Crippen molar-refractivity contribution in [1.82, 2.24) is 30.6 Å². The maximum Gasteiger partial charge on any atom is 0.302 e. The number of oxazole rings is 2. The minimum Gasteiger partial charge on any atom is -0.423 e. The smallest absolute Gasteiger partial charge is 0.302 e. The van der Waals surface area contributed by atoms with E-state index in [4.69, 9.17) is 18.8 Å². The van der Waals surface area contributed by atoms with E-state index in [1.165, 1.54) is 0 Å². The average molecular weight is 749 g/mol. The molecule has 0 saturated heterocycles. The molecule has 282 valence electrons. The lowest BCUT2D eigenvalue weighted by atomic mass is 9.86. The van der Waals surface area contributed by atoms with Gasteiger partial charge in [-0.05, 0) is 86.7 Å². The van der Waals surface area contributed by atoms with Gasteiger partial charge in [0, 0.05) is 53.2 Å². The summed E-state index contributed by atoms with van der Waals surface area (Å²) in [7, 11) is 0. The molecule has 0 bridgehead atoms. The summed E-state index contributed by atoms with van der Waals surface area (Å²) in [4.78, 5) is 51.9. The average Bonchev–Trinajstić information content (AvgIpc) is 3.81. The Labute approximate surface area is 322 Å². The molecule has 56 heavy (non-hydrogen) atoms. The predicted octanol–water partition coefficient (Wildman–Crippen LogP) is 7.63. The van der Waals surface area contributed by atoms with Crippen molar-refractivity contribution in [2.24, 2.45) is 9.98 Å². The number of ketones is 2. The zero-order valence-corrected chi connectivity index (χ0v) is 31.2. The topological polar surface area (TPSA) is 185 Å². The molecule has 9 rings (SSSR count). The van der Waals surface area contributed by atoms with Crippen molar-refractivity contribution in [3.8, 4) is 0 Å². The number of benzene rings is 2. The van der Waals surface area contributed by atoms with Gasteiger partial charge in [-0.2, -0.15) is 9.97 Å². The molecule has 4 N–H and O–H groups in total. The van der Waals surface area contributed by atoms with Gasteiger partial charge in [-0.15, -0.1) is 0 Å². The van der Waals surface area contributed by atoms with Crippen LogP contribution in [0, 0.1) is 6.92 Å². The summed E-state index contributed by atoms with van der Waals surface area (Å²) in [6.07, 6.45) is 9.06. The summed E-state index contributed by atoms with van der Waals surface area (Å²) < 4.78 is 11.5. The highest BCUT2D eigenvalue weighted by molar-refractivity contribution is 6.03. The van der Waals surface area contributed by atoms with Crippen molar-refractivity contribution < 1.29 is 18.4 Å². The monoisotopic (exact) mass is 748 g/mol. The van der Waals surface area contributed by atoms with Crippen LogP contribution in [0.1, 0.15) is 74.9 Å². The van der Waals surface area contributed by atoms with Crippen LogP contribution in [0.25, 0.3) is 22.2 Å². The molecule has 2 atom stereocenters. The normalized spacial score (nSPS) is 17.9. The van der Waals surface area contributed by atoms with Gasteiger partial charge in [0.2, 0.25) is 11.9 Å². The van der Waals surface area contributed by atoms with Gasteiger partial charge in [-0.1, -0.05) is 43.7 Å². The van der Waals surface area contributed by atoms with Gasteiger partial charge in [0.25, 0.3) is 0 Å². The number of para-hydroxylation sites is 4. The number of aliphatic imine (C=N–C) groups is 2. The molecule has 3 aliphatic rings. The van der Waals surface area contributed by atoms with Crippen LogP contribution in [-0.4, -0.2) is 43.4 Å². The van der Waals surface area contributed by atoms with E-state index in [-0.39, 0.29) is 17.6 Å². The first-order valence-electron chi connectivity index (χ1n) is 18.6. The lowest BCUT2D eigenvalue weighted by Crippen LogP contribution is -2.38. The Balaban J connectivity index is 0.000000158. The summed E-state index contributed by atoms with van der Waals surface area (Å²) in [6.45, 7) is 5.59. The molecule has 0 radical (unpaired) electrons. The zero-order chi connectivity index (χ0) is 38.6. The Morgan fingerprint density at radius 1 is 0.804 bits per heavy atom. The van der Waals surface area contributed by atoms with Crippen molar-refractivity contribution in [3.05, 3.63) is 131 Å². The van der Waals surface area contributed by atoms with E-state index in [1.807, 2.05) is 79.7 Å². The number of rotatable bonds is 7. The van der Waals surface area contributed by atoms with E-state index >= 15 is 0 Å². The minimum absolute atomic E-state index is 0.00353. The van der Waals surface area contributed by atoms with Gasteiger partial charge >= 0.3 is 12.0 Å². The van der Waals surface area contributed by atoms with E-state index in [2.05, 4.69) is 48.1 Å². The Hall–Kier alpha value is -6.96. The molecule has 2 aliphatic heterocycles. The molecule has 0 saturated carbocycles. The van der Waals surface area contributed by atoms with Crippen LogP contribution in [0.15, 0.2) is 133 Å². The largest absolute Gasteiger partial charge is 0.423 e. The molecule has 2 aromatic carbocycles. The molecular weight excluding hydrogens is 709 g/mol. The Bertz CT molecular complexity index is 2480. The van der Waals surface area contributed by atoms with Gasteiger partial charge < -0.3 is 19.5 Å². The van der Waals surface area contributed by atoms with Crippen molar-refractivity contribution in [3.63, 3.8) is 0 Å². The number of allylic oxidation sites excluding steroid dienone is 2. The van der Waals surface area contributed by atoms with E-state index < -0.39 is 6.04 Å². The van der Waals surface area contributed by atoms with Crippen LogP contribution in [0.3, 0.4) is 0 Å². The number of aromatic nitrogens is 4. The predicted molar refractivity (Wildman–Crippen MR) is 214 cm³/mol. The summed E-state index contributed by atoms with van der Waals surface area (Å²) in [5.41, 5.74) is 8.85. The summed E-state index contributed by atoms with van der Waals surface area (Å²) in [6, 6.07) is 22.7. The highest BCUT2D eigenvalue weighted by atomic mass is 16.4. The second-order valence-electron chi connectivity index (χ2n) is 13.6. The zero-order valence-electron chi connectivity index (χ0n) is 31.2. The molecule has 0 amide bonds. The number of anilines is 2. The number of carbonyl (C=O) groups excluding carboxylic acids is 2. The molecule has 14 nitrogen and oxygen atoms in total. The third-order valence-corrected chi connectivity index (χ3v) is 9.57. The number of hydrogen-bond acceptors (Lipinski definition) is 14. The number of fused-ring (bicyclic) bond motifs is 2. The molecule has 6 heterocycles. The van der Waals surface area contributed by atoms with Crippen LogP contribution in [0.4, 0.5) is 12.0 Å².